The highest BCUT2D eigenvalue weighted by molar-refractivity contribution is 6.33. The molecule has 1 aromatic heterocycles. The number of fused-ring (bicyclic) bond motifs is 2. The van der Waals surface area contributed by atoms with Gasteiger partial charge in [0, 0.05) is 35.8 Å². The van der Waals surface area contributed by atoms with Crippen molar-refractivity contribution >= 4 is 17.5 Å². The zero-order chi connectivity index (χ0) is 26.6. The molecule has 1 amide bonds. The number of rotatable bonds is 5. The zero-order valence-electron chi connectivity index (χ0n) is 22.8. The number of aromatic amines is 1. The van der Waals surface area contributed by atoms with Gasteiger partial charge in [-0.15, -0.1) is 0 Å². The van der Waals surface area contributed by atoms with Gasteiger partial charge < -0.3 is 24.3 Å². The number of nitrogens with one attached hydrogen (secondary N) is 1. The van der Waals surface area contributed by atoms with Crippen LogP contribution in [0.1, 0.15) is 70.9 Å². The molecule has 8 heteroatoms. The molecule has 5 rings (SSSR count). The van der Waals surface area contributed by atoms with Gasteiger partial charge in [-0.3, -0.25) is 9.59 Å². The van der Waals surface area contributed by atoms with Crippen LogP contribution in [0.15, 0.2) is 10.9 Å². The number of pyridine rings is 1. The number of halogens is 1. The van der Waals surface area contributed by atoms with Crippen molar-refractivity contribution in [3.8, 4) is 11.5 Å². The summed E-state index contributed by atoms with van der Waals surface area (Å²) in [6.07, 6.45) is 6.02. The van der Waals surface area contributed by atoms with Crippen molar-refractivity contribution in [3.05, 3.63) is 55.0 Å². The highest BCUT2D eigenvalue weighted by Crippen LogP contribution is 2.50. The molecule has 3 aliphatic rings. The predicted molar refractivity (Wildman–Crippen MR) is 145 cm³/mol. The van der Waals surface area contributed by atoms with E-state index >= 15 is 0 Å². The number of carbonyl (C=O) groups is 1. The molecule has 1 fully saturated rings. The quantitative estimate of drug-likeness (QED) is 0.612. The van der Waals surface area contributed by atoms with Gasteiger partial charge in [-0.25, -0.2) is 0 Å². The van der Waals surface area contributed by atoms with Crippen molar-refractivity contribution in [1.29, 1.82) is 0 Å². The summed E-state index contributed by atoms with van der Waals surface area (Å²) in [5.41, 5.74) is 4.06. The van der Waals surface area contributed by atoms with E-state index in [1.807, 2.05) is 13.8 Å². The van der Waals surface area contributed by atoms with Crippen LogP contribution in [0, 0.1) is 19.8 Å². The smallest absolute Gasteiger partial charge is 0.256 e. The van der Waals surface area contributed by atoms with Crippen LogP contribution in [0.5, 0.6) is 11.5 Å². The van der Waals surface area contributed by atoms with Gasteiger partial charge in [-0.05, 0) is 84.5 Å². The van der Waals surface area contributed by atoms with Gasteiger partial charge in [0.25, 0.3) is 11.5 Å². The van der Waals surface area contributed by atoms with E-state index in [1.165, 1.54) is 12.8 Å². The molecule has 37 heavy (non-hydrogen) atoms. The number of carbonyl (C=O) groups excluding carboxylic acids is 1. The first-order valence-corrected chi connectivity index (χ1v) is 13.7. The van der Waals surface area contributed by atoms with E-state index in [-0.39, 0.29) is 23.6 Å². The number of nitrogens with zero attached hydrogens (tertiary/aromatic N) is 2. The summed E-state index contributed by atoms with van der Waals surface area (Å²) in [6, 6.07) is 2.42. The molecule has 1 aromatic carbocycles. The molecule has 0 radical (unpaired) electrons. The van der Waals surface area contributed by atoms with Gasteiger partial charge in [0.05, 0.1) is 29.8 Å². The summed E-state index contributed by atoms with van der Waals surface area (Å²) < 4.78 is 12.2. The van der Waals surface area contributed by atoms with E-state index in [4.69, 9.17) is 21.1 Å². The average Bonchev–Trinajstić information content (AvgIpc) is 3.24. The third-order valence-electron chi connectivity index (χ3n) is 8.91. The van der Waals surface area contributed by atoms with E-state index in [0.717, 1.165) is 47.4 Å². The monoisotopic (exact) mass is 527 g/mol. The Morgan fingerprint density at radius 3 is 2.54 bits per heavy atom. The van der Waals surface area contributed by atoms with E-state index in [9.17, 15) is 9.59 Å². The number of benzene rings is 1. The predicted octanol–water partition coefficient (Wildman–Crippen LogP) is 4.67. The first-order valence-electron chi connectivity index (χ1n) is 13.3. The van der Waals surface area contributed by atoms with Crippen LogP contribution in [0.3, 0.4) is 0 Å². The molecule has 1 atom stereocenters. The van der Waals surface area contributed by atoms with E-state index in [1.54, 1.807) is 18.1 Å². The Kier molecular flexibility index (Phi) is 6.82. The number of hydrogen-bond acceptors (Lipinski definition) is 5. The zero-order valence-corrected chi connectivity index (χ0v) is 23.6. The fraction of sp³-hybridized carbons (Fsp3) is 0.586. The highest BCUT2D eigenvalue weighted by atomic mass is 35.5. The maximum absolute atomic E-state index is 13.8. The maximum Gasteiger partial charge on any atom is 0.256 e. The number of aryl methyl sites for hydroxylation is 1. The lowest BCUT2D eigenvalue weighted by atomic mass is 9.74. The summed E-state index contributed by atoms with van der Waals surface area (Å²) >= 11 is 7.01. The lowest BCUT2D eigenvalue weighted by Gasteiger charge is -2.40. The van der Waals surface area contributed by atoms with Gasteiger partial charge >= 0.3 is 0 Å². The second kappa shape index (κ2) is 9.66. The largest absolute Gasteiger partial charge is 0.496 e. The molecule has 0 saturated heterocycles. The van der Waals surface area contributed by atoms with Crippen molar-refractivity contribution in [3.63, 3.8) is 0 Å². The minimum absolute atomic E-state index is 0.117. The first-order chi connectivity index (χ1) is 17.5. The molecule has 1 N–H and O–H groups in total. The van der Waals surface area contributed by atoms with Crippen LogP contribution >= 0.6 is 11.6 Å². The minimum Gasteiger partial charge on any atom is -0.496 e. The Bertz CT molecular complexity index is 1300. The van der Waals surface area contributed by atoms with Crippen molar-refractivity contribution in [2.75, 3.05) is 27.7 Å². The summed E-state index contributed by atoms with van der Waals surface area (Å²) in [4.78, 5) is 33.3. The van der Waals surface area contributed by atoms with Crippen LogP contribution in [0.2, 0.25) is 5.02 Å². The molecule has 7 nitrogen and oxygen atoms in total. The average molecular weight is 528 g/mol. The van der Waals surface area contributed by atoms with Gasteiger partial charge in [0.15, 0.2) is 0 Å². The Balaban J connectivity index is 1.43. The normalized spacial score (nSPS) is 25.2. The highest BCUT2D eigenvalue weighted by Gasteiger charge is 2.46. The number of ether oxygens (including phenoxy) is 2. The van der Waals surface area contributed by atoms with Crippen LogP contribution in [0.4, 0.5) is 0 Å². The Morgan fingerprint density at radius 1 is 1.19 bits per heavy atom. The molecular formula is C29H38ClN3O4. The molecule has 1 saturated carbocycles. The van der Waals surface area contributed by atoms with Gasteiger partial charge in [-0.1, -0.05) is 11.6 Å². The lowest BCUT2D eigenvalue weighted by molar-refractivity contribution is 0.0158. The fourth-order valence-electron chi connectivity index (χ4n) is 6.70. The Hall–Kier alpha value is -2.51. The molecule has 1 aliphatic carbocycles. The van der Waals surface area contributed by atoms with Crippen LogP contribution in [-0.2, 0) is 19.4 Å². The van der Waals surface area contributed by atoms with Gasteiger partial charge in [0.1, 0.15) is 17.1 Å². The third-order valence-corrected chi connectivity index (χ3v) is 9.36. The molecule has 0 bridgehead atoms. The van der Waals surface area contributed by atoms with Crippen molar-refractivity contribution in [1.82, 2.24) is 14.8 Å². The van der Waals surface area contributed by atoms with E-state index < -0.39 is 0 Å². The van der Waals surface area contributed by atoms with Crippen molar-refractivity contribution in [2.45, 2.75) is 77.5 Å². The fourth-order valence-corrected chi connectivity index (χ4v) is 7.04. The number of methoxy groups -OCH3 is 1. The van der Waals surface area contributed by atoms with Crippen LogP contribution in [0.25, 0.3) is 0 Å². The van der Waals surface area contributed by atoms with E-state index in [2.05, 4.69) is 30.9 Å². The van der Waals surface area contributed by atoms with Gasteiger partial charge in [0.2, 0.25) is 0 Å². The molecular weight excluding hydrogens is 490 g/mol. The van der Waals surface area contributed by atoms with Crippen molar-refractivity contribution < 1.29 is 14.3 Å². The summed E-state index contributed by atoms with van der Waals surface area (Å²) in [7, 11) is 5.86. The molecule has 2 aliphatic heterocycles. The van der Waals surface area contributed by atoms with E-state index in [0.29, 0.717) is 46.8 Å². The first kappa shape index (κ1) is 26.1. The van der Waals surface area contributed by atoms with Crippen LogP contribution < -0.4 is 15.0 Å². The molecule has 200 valence electrons. The van der Waals surface area contributed by atoms with Crippen LogP contribution in [-0.4, -0.2) is 60.1 Å². The Labute approximate surface area is 224 Å². The molecule has 0 spiro atoms. The van der Waals surface area contributed by atoms with Gasteiger partial charge in [-0.2, -0.15) is 0 Å². The standard InChI is InChI=1S/C29H38ClN3O4/c1-16-13-23(36-6)22(27(34)31-16)15-33-12-11-20-24(28(33)35)17(2)26-21(25(20)30)14-29(3,37-26)18-7-9-19(10-8-18)32(4)5/h13,18-19H,7-12,14-15H2,1-6H3,(H,31,34)/t18?,19?,29-/m1/s1. The third kappa shape index (κ3) is 4.44. The number of hydrogen-bond donors (Lipinski definition) is 1. The Morgan fingerprint density at radius 2 is 1.89 bits per heavy atom. The summed E-state index contributed by atoms with van der Waals surface area (Å²) in [5, 5.41) is 0.681. The van der Waals surface area contributed by atoms with Crippen molar-refractivity contribution in [2.24, 2.45) is 5.92 Å². The summed E-state index contributed by atoms with van der Waals surface area (Å²) in [5.74, 6) is 1.61. The summed E-state index contributed by atoms with van der Waals surface area (Å²) in [6.45, 7) is 6.67. The lowest BCUT2D eigenvalue weighted by Crippen LogP contribution is -2.44. The SMILES string of the molecule is COc1cc(C)[nH]c(=O)c1CN1CCc2c(Cl)c3c(c(C)c2C1=O)O[C@@](C)(C1CCC(N(C)C)CC1)C3. The second-order valence-corrected chi connectivity index (χ2v) is 11.8. The second-order valence-electron chi connectivity index (χ2n) is 11.5. The maximum atomic E-state index is 13.8. The molecule has 3 heterocycles. The topological polar surface area (TPSA) is 74.9 Å². The molecule has 2 aromatic rings. The number of H-pyrrole nitrogens is 1. The minimum atomic E-state index is -0.316. The molecule has 0 unspecified atom stereocenters. The number of amides is 1. The number of aromatic nitrogens is 1.